The van der Waals surface area contributed by atoms with Crippen LogP contribution in [-0.4, -0.2) is 72.8 Å². The maximum atomic E-state index is 13.6. The van der Waals surface area contributed by atoms with Gasteiger partial charge >= 0.3 is 17.7 Å². The molecular formula is C37H51N5O7. The second-order valence-corrected chi connectivity index (χ2v) is 12.3. The standard InChI is InChI=1S/C37H51N5O7/c1-5-7-25-49-37-38-33(32(36(43)48-6-2)13-9-8-10-22-40-23-11-12-24-40)34(42(44)45)35(39-37)41(26-28-14-18-30(46-3)19-15-28)27-29-16-20-31(47-4)21-17-29/h14-21,32H,5-13,22-27H2,1-4H3. The molecule has 0 saturated carbocycles. The zero-order valence-corrected chi connectivity index (χ0v) is 29.4. The first-order valence-electron chi connectivity index (χ1n) is 17.5. The lowest BCUT2D eigenvalue weighted by atomic mass is 9.96. The zero-order chi connectivity index (χ0) is 35.0. The number of carbonyl (C=O) groups excluding carboxylic acids is 1. The van der Waals surface area contributed by atoms with Crippen LogP contribution in [0, 0.1) is 10.1 Å². The molecule has 1 fully saturated rings. The van der Waals surface area contributed by atoms with Gasteiger partial charge in [0.1, 0.15) is 23.1 Å². The van der Waals surface area contributed by atoms with E-state index in [0.717, 1.165) is 56.4 Å². The highest BCUT2D eigenvalue weighted by molar-refractivity contribution is 5.80. The number of carbonyl (C=O) groups is 1. The zero-order valence-electron chi connectivity index (χ0n) is 29.4. The lowest BCUT2D eigenvalue weighted by molar-refractivity contribution is -0.385. The van der Waals surface area contributed by atoms with E-state index in [-0.39, 0.29) is 42.9 Å². The highest BCUT2D eigenvalue weighted by Crippen LogP contribution is 2.39. The maximum absolute atomic E-state index is 13.6. The van der Waals surface area contributed by atoms with Gasteiger partial charge in [-0.15, -0.1) is 0 Å². The molecule has 1 aliphatic rings. The Morgan fingerprint density at radius 3 is 2.04 bits per heavy atom. The minimum atomic E-state index is -0.953. The van der Waals surface area contributed by atoms with Gasteiger partial charge in [-0.2, -0.15) is 9.97 Å². The van der Waals surface area contributed by atoms with Crippen LogP contribution in [0.1, 0.15) is 88.0 Å². The third kappa shape index (κ3) is 11.0. The summed E-state index contributed by atoms with van der Waals surface area (Å²) in [6, 6.07) is 15.0. The second-order valence-electron chi connectivity index (χ2n) is 12.3. The van der Waals surface area contributed by atoms with Gasteiger partial charge in [-0.25, -0.2) is 0 Å². The lowest BCUT2D eigenvalue weighted by Crippen LogP contribution is -2.27. The molecule has 0 bridgehead atoms. The molecule has 1 saturated heterocycles. The maximum Gasteiger partial charge on any atom is 0.334 e. The van der Waals surface area contributed by atoms with Gasteiger partial charge in [0.2, 0.25) is 5.82 Å². The van der Waals surface area contributed by atoms with Crippen LogP contribution in [0.15, 0.2) is 48.5 Å². The molecule has 0 spiro atoms. The molecule has 0 N–H and O–H groups in total. The van der Waals surface area contributed by atoms with Crippen LogP contribution < -0.4 is 19.1 Å². The summed E-state index contributed by atoms with van der Waals surface area (Å²) in [5.74, 6) is -0.0102. The molecule has 1 aliphatic heterocycles. The second kappa shape index (κ2) is 19.5. The first-order valence-corrected chi connectivity index (χ1v) is 17.5. The number of hydrogen-bond acceptors (Lipinski definition) is 11. The molecule has 12 nitrogen and oxygen atoms in total. The number of likely N-dealkylation sites (tertiary alicyclic amines) is 1. The molecule has 12 heteroatoms. The Hall–Kier alpha value is -4.45. The number of nitro groups is 1. The number of unbranched alkanes of at least 4 members (excludes halogenated alkanes) is 3. The number of nitrogens with zero attached hydrogens (tertiary/aromatic N) is 5. The number of methoxy groups -OCH3 is 2. The molecular weight excluding hydrogens is 626 g/mol. The third-order valence-electron chi connectivity index (χ3n) is 8.72. The summed E-state index contributed by atoms with van der Waals surface area (Å²) < 4.78 is 22.2. The van der Waals surface area contributed by atoms with Crippen LogP contribution in [0.25, 0.3) is 0 Å². The summed E-state index contributed by atoms with van der Waals surface area (Å²) in [4.78, 5) is 39.7. The summed E-state index contributed by atoms with van der Waals surface area (Å²) in [6.45, 7) is 8.10. The Morgan fingerprint density at radius 1 is 0.898 bits per heavy atom. The summed E-state index contributed by atoms with van der Waals surface area (Å²) >= 11 is 0. The smallest absolute Gasteiger partial charge is 0.334 e. The van der Waals surface area contributed by atoms with Crippen molar-refractivity contribution in [3.63, 3.8) is 0 Å². The van der Waals surface area contributed by atoms with Crippen LogP contribution in [0.2, 0.25) is 0 Å². The first-order chi connectivity index (χ1) is 23.9. The number of aromatic nitrogens is 2. The van der Waals surface area contributed by atoms with E-state index in [2.05, 4.69) is 14.9 Å². The van der Waals surface area contributed by atoms with Gasteiger partial charge in [-0.1, -0.05) is 50.5 Å². The van der Waals surface area contributed by atoms with E-state index in [9.17, 15) is 14.9 Å². The van der Waals surface area contributed by atoms with Crippen molar-refractivity contribution in [3.05, 3.63) is 75.5 Å². The van der Waals surface area contributed by atoms with Crippen molar-refractivity contribution >= 4 is 17.5 Å². The van der Waals surface area contributed by atoms with Gasteiger partial charge in [-0.3, -0.25) is 14.9 Å². The van der Waals surface area contributed by atoms with Crippen molar-refractivity contribution in [2.75, 3.05) is 52.0 Å². The van der Waals surface area contributed by atoms with Gasteiger partial charge in [0, 0.05) is 13.1 Å². The molecule has 1 atom stereocenters. The molecule has 266 valence electrons. The fraction of sp³-hybridized carbons (Fsp3) is 0.541. The largest absolute Gasteiger partial charge is 0.497 e. The number of ether oxygens (including phenoxy) is 4. The summed E-state index contributed by atoms with van der Waals surface area (Å²) in [5, 5.41) is 13.1. The quantitative estimate of drug-likeness (QED) is 0.0496. The van der Waals surface area contributed by atoms with Crippen molar-refractivity contribution < 1.29 is 28.7 Å². The molecule has 0 aliphatic carbocycles. The molecule has 4 rings (SSSR count). The van der Waals surface area contributed by atoms with Crippen LogP contribution in [-0.2, 0) is 22.6 Å². The van der Waals surface area contributed by atoms with Gasteiger partial charge in [-0.05, 0) is 94.1 Å². The molecule has 0 radical (unpaired) electrons. The SMILES string of the molecule is CCCCOc1nc(C(CCCCCN2CCCC2)C(=O)OCC)c([N+](=O)[O-])c(N(Cc2ccc(OC)cc2)Cc2ccc(OC)cc2)n1. The van der Waals surface area contributed by atoms with E-state index < -0.39 is 16.8 Å². The molecule has 1 unspecified atom stereocenters. The average molecular weight is 678 g/mol. The monoisotopic (exact) mass is 677 g/mol. The van der Waals surface area contributed by atoms with E-state index in [0.29, 0.717) is 30.9 Å². The van der Waals surface area contributed by atoms with E-state index in [1.807, 2.05) is 60.4 Å². The van der Waals surface area contributed by atoms with Gasteiger partial charge in [0.15, 0.2) is 0 Å². The Kier molecular flexibility index (Phi) is 14.9. The number of anilines is 1. The Labute approximate surface area is 289 Å². The van der Waals surface area contributed by atoms with Crippen molar-refractivity contribution in [1.29, 1.82) is 0 Å². The van der Waals surface area contributed by atoms with Crippen molar-refractivity contribution in [2.45, 2.75) is 84.2 Å². The molecule has 2 heterocycles. The molecule has 1 aromatic heterocycles. The van der Waals surface area contributed by atoms with Crippen LogP contribution in [0.3, 0.4) is 0 Å². The van der Waals surface area contributed by atoms with E-state index in [4.69, 9.17) is 18.9 Å². The Bertz CT molecular complexity index is 1410. The summed E-state index contributed by atoms with van der Waals surface area (Å²) in [5.41, 5.74) is 1.48. The van der Waals surface area contributed by atoms with Gasteiger partial charge in [0.05, 0.1) is 32.4 Å². The van der Waals surface area contributed by atoms with Crippen LogP contribution in [0.5, 0.6) is 17.5 Å². The first kappa shape index (κ1) is 37.4. The van der Waals surface area contributed by atoms with Crippen LogP contribution >= 0.6 is 0 Å². The summed E-state index contributed by atoms with van der Waals surface area (Å²) in [6.07, 6.45) is 7.06. The predicted octanol–water partition coefficient (Wildman–Crippen LogP) is 7.09. The molecule has 0 amide bonds. The summed E-state index contributed by atoms with van der Waals surface area (Å²) in [7, 11) is 3.20. The van der Waals surface area contributed by atoms with Crippen molar-refractivity contribution in [2.24, 2.45) is 0 Å². The fourth-order valence-electron chi connectivity index (χ4n) is 6.03. The number of hydrogen-bond donors (Lipinski definition) is 0. The minimum absolute atomic E-state index is 0.00171. The van der Waals surface area contributed by atoms with Crippen LogP contribution in [0.4, 0.5) is 11.5 Å². The highest BCUT2D eigenvalue weighted by Gasteiger charge is 2.37. The average Bonchev–Trinajstić information content (AvgIpc) is 3.63. The fourth-order valence-corrected chi connectivity index (χ4v) is 6.03. The van der Waals surface area contributed by atoms with E-state index in [1.165, 1.54) is 12.8 Å². The van der Waals surface area contributed by atoms with Crippen molar-refractivity contribution in [1.82, 2.24) is 14.9 Å². The van der Waals surface area contributed by atoms with Gasteiger partial charge < -0.3 is 28.7 Å². The molecule has 49 heavy (non-hydrogen) atoms. The lowest BCUT2D eigenvalue weighted by Gasteiger charge is -2.26. The number of esters is 1. The predicted molar refractivity (Wildman–Crippen MR) is 188 cm³/mol. The number of benzene rings is 2. The Balaban J connectivity index is 1.77. The number of rotatable bonds is 21. The van der Waals surface area contributed by atoms with Crippen molar-refractivity contribution in [3.8, 4) is 17.5 Å². The van der Waals surface area contributed by atoms with E-state index >= 15 is 0 Å². The van der Waals surface area contributed by atoms with E-state index in [1.54, 1.807) is 21.1 Å². The molecule has 3 aromatic rings. The Morgan fingerprint density at radius 2 is 1.51 bits per heavy atom. The minimum Gasteiger partial charge on any atom is -0.497 e. The van der Waals surface area contributed by atoms with Gasteiger partial charge in [0.25, 0.3) is 0 Å². The topological polar surface area (TPSA) is 129 Å². The molecule has 2 aromatic carbocycles. The highest BCUT2D eigenvalue weighted by atomic mass is 16.6. The normalized spacial score (nSPS) is 13.6. The third-order valence-corrected chi connectivity index (χ3v) is 8.72.